The van der Waals surface area contributed by atoms with Crippen LogP contribution in [0.15, 0.2) is 30.3 Å². The molecule has 4 rings (SSSR count). The molecular formula is C25H40N2O. The van der Waals surface area contributed by atoms with E-state index in [1.54, 1.807) is 0 Å². The summed E-state index contributed by atoms with van der Waals surface area (Å²) in [7, 11) is 0. The van der Waals surface area contributed by atoms with Crippen molar-refractivity contribution in [1.29, 1.82) is 0 Å². The quantitative estimate of drug-likeness (QED) is 0.765. The van der Waals surface area contributed by atoms with Crippen LogP contribution in [-0.4, -0.2) is 25.0 Å². The van der Waals surface area contributed by atoms with Gasteiger partial charge in [-0.1, -0.05) is 58.0 Å². The molecule has 2 saturated carbocycles. The number of carbonyl (C=O) groups excluding carboxylic acids is 1. The van der Waals surface area contributed by atoms with Gasteiger partial charge in [-0.15, -0.1) is 0 Å². The molecule has 2 aliphatic carbocycles. The predicted octanol–water partition coefficient (Wildman–Crippen LogP) is 5.06. The number of rotatable bonds is 3. The van der Waals surface area contributed by atoms with E-state index < -0.39 is 0 Å². The van der Waals surface area contributed by atoms with E-state index in [2.05, 4.69) is 54.8 Å². The van der Waals surface area contributed by atoms with E-state index >= 15 is 0 Å². The summed E-state index contributed by atoms with van der Waals surface area (Å²) < 4.78 is 0. The van der Waals surface area contributed by atoms with Gasteiger partial charge in [0.05, 0.1) is 0 Å². The highest BCUT2D eigenvalue weighted by Gasteiger charge is 2.53. The number of hydrogen-bond acceptors (Lipinski definition) is 2. The molecule has 3 nitrogen and oxygen atoms in total. The topological polar surface area (TPSA) is 41.1 Å². The maximum absolute atomic E-state index is 13.3. The highest BCUT2D eigenvalue weighted by Crippen LogP contribution is 2.58. The average Bonchev–Trinajstić information content (AvgIpc) is 2.70. The normalized spacial score (nSPS) is 35.4. The third-order valence-corrected chi connectivity index (χ3v) is 7.23. The number of piperidine rings is 1. The van der Waals surface area contributed by atoms with Gasteiger partial charge in [0.25, 0.3) is 0 Å². The number of nitrogens with one attached hydrogen (secondary N) is 2. The first-order valence-electron chi connectivity index (χ1n) is 11.6. The van der Waals surface area contributed by atoms with E-state index in [4.69, 9.17) is 0 Å². The monoisotopic (exact) mass is 384 g/mol. The van der Waals surface area contributed by atoms with Crippen molar-refractivity contribution in [2.75, 3.05) is 13.1 Å². The largest absolute Gasteiger partial charge is 0.353 e. The van der Waals surface area contributed by atoms with Gasteiger partial charge in [-0.25, -0.2) is 0 Å². The minimum Gasteiger partial charge on any atom is -0.353 e. The zero-order valence-corrected chi connectivity index (χ0v) is 18.4. The Morgan fingerprint density at radius 2 is 1.75 bits per heavy atom. The van der Waals surface area contributed by atoms with Gasteiger partial charge in [0, 0.05) is 11.5 Å². The SMILES string of the molecule is CC.CC1CC2CC(C)(C(=O)NC3CCNCC3)CC(c3ccccc3)(C1)C2. The second-order valence-corrected chi connectivity index (χ2v) is 9.70. The lowest BCUT2D eigenvalue weighted by Gasteiger charge is -2.54. The molecule has 3 fully saturated rings. The first-order valence-corrected chi connectivity index (χ1v) is 11.6. The summed E-state index contributed by atoms with van der Waals surface area (Å²) in [6.07, 6.45) is 7.95. The first kappa shape index (κ1) is 21.4. The lowest BCUT2D eigenvalue weighted by atomic mass is 9.50. The molecule has 0 spiro atoms. The number of fused-ring (bicyclic) bond motifs is 2. The van der Waals surface area contributed by atoms with Crippen LogP contribution in [0, 0.1) is 17.3 Å². The Kier molecular flexibility index (Phi) is 6.85. The summed E-state index contributed by atoms with van der Waals surface area (Å²) >= 11 is 0. The molecule has 28 heavy (non-hydrogen) atoms. The smallest absolute Gasteiger partial charge is 0.226 e. The van der Waals surface area contributed by atoms with E-state index in [1.165, 1.54) is 24.8 Å². The third-order valence-electron chi connectivity index (χ3n) is 7.23. The van der Waals surface area contributed by atoms with Gasteiger partial charge in [-0.3, -0.25) is 4.79 Å². The van der Waals surface area contributed by atoms with Crippen LogP contribution in [-0.2, 0) is 10.2 Å². The Balaban J connectivity index is 0.00000109. The molecule has 1 amide bonds. The van der Waals surface area contributed by atoms with E-state index in [9.17, 15) is 4.79 Å². The lowest BCUT2D eigenvalue weighted by molar-refractivity contribution is -0.137. The molecule has 1 saturated heterocycles. The van der Waals surface area contributed by atoms with Gasteiger partial charge < -0.3 is 10.6 Å². The van der Waals surface area contributed by atoms with Crippen LogP contribution in [0.3, 0.4) is 0 Å². The summed E-state index contributed by atoms with van der Waals surface area (Å²) in [5.41, 5.74) is 1.41. The van der Waals surface area contributed by atoms with Crippen LogP contribution in [0.1, 0.15) is 78.2 Å². The fourth-order valence-electron chi connectivity index (χ4n) is 6.42. The highest BCUT2D eigenvalue weighted by atomic mass is 16.2. The molecule has 4 unspecified atom stereocenters. The third kappa shape index (κ3) is 4.45. The van der Waals surface area contributed by atoms with Crippen LogP contribution in [0.2, 0.25) is 0 Å². The van der Waals surface area contributed by atoms with Crippen molar-refractivity contribution in [3.8, 4) is 0 Å². The maximum atomic E-state index is 13.3. The van der Waals surface area contributed by atoms with E-state index in [-0.39, 0.29) is 10.8 Å². The summed E-state index contributed by atoms with van der Waals surface area (Å²) in [4.78, 5) is 13.3. The van der Waals surface area contributed by atoms with E-state index in [0.717, 1.165) is 44.7 Å². The van der Waals surface area contributed by atoms with Gasteiger partial charge >= 0.3 is 0 Å². The minimum atomic E-state index is -0.232. The standard InChI is InChI=1S/C23H34N2O.C2H6/c1-17-12-18-14-22(2,21(26)25-20-8-10-24-11-9-20)16-23(13-17,15-18)19-6-4-3-5-7-19;1-2/h3-7,17-18,20,24H,8-16H2,1-2H3,(H,25,26);1-2H3. The van der Waals surface area contributed by atoms with Crippen LogP contribution >= 0.6 is 0 Å². The van der Waals surface area contributed by atoms with Crippen molar-refractivity contribution < 1.29 is 4.79 Å². The molecule has 156 valence electrons. The molecule has 2 N–H and O–H groups in total. The molecule has 3 aliphatic rings. The number of carbonyl (C=O) groups is 1. The number of hydrogen-bond donors (Lipinski definition) is 2. The van der Waals surface area contributed by atoms with Crippen LogP contribution in [0.5, 0.6) is 0 Å². The molecule has 0 radical (unpaired) electrons. The second-order valence-electron chi connectivity index (χ2n) is 9.70. The molecule has 1 aromatic carbocycles. The van der Waals surface area contributed by atoms with Crippen LogP contribution in [0.25, 0.3) is 0 Å². The first-order chi connectivity index (χ1) is 13.5. The minimum absolute atomic E-state index is 0.183. The summed E-state index contributed by atoms with van der Waals surface area (Å²) in [6.45, 7) is 10.7. The molecule has 4 atom stereocenters. The summed E-state index contributed by atoms with van der Waals surface area (Å²) in [6, 6.07) is 11.4. The van der Waals surface area contributed by atoms with Crippen molar-refractivity contribution in [2.24, 2.45) is 17.3 Å². The Labute approximate surface area is 172 Å². The van der Waals surface area contributed by atoms with E-state index in [0.29, 0.717) is 17.9 Å². The van der Waals surface area contributed by atoms with Gasteiger partial charge in [0.2, 0.25) is 5.91 Å². The lowest BCUT2D eigenvalue weighted by Crippen LogP contribution is -2.54. The van der Waals surface area contributed by atoms with Gasteiger partial charge in [0.1, 0.15) is 0 Å². The predicted molar refractivity (Wildman–Crippen MR) is 117 cm³/mol. The van der Waals surface area contributed by atoms with Crippen molar-refractivity contribution in [3.05, 3.63) is 35.9 Å². The molecular weight excluding hydrogens is 344 g/mol. The van der Waals surface area contributed by atoms with Crippen molar-refractivity contribution in [2.45, 2.75) is 84.1 Å². The molecule has 3 heteroatoms. The van der Waals surface area contributed by atoms with Crippen molar-refractivity contribution in [3.63, 3.8) is 0 Å². The van der Waals surface area contributed by atoms with Crippen molar-refractivity contribution in [1.82, 2.24) is 10.6 Å². The molecule has 1 aliphatic heterocycles. The molecule has 2 bridgehead atoms. The van der Waals surface area contributed by atoms with Crippen LogP contribution in [0.4, 0.5) is 0 Å². The Bertz CT molecular complexity index is 635. The molecule has 1 aromatic rings. The van der Waals surface area contributed by atoms with E-state index in [1.807, 2.05) is 13.8 Å². The Morgan fingerprint density at radius 3 is 2.43 bits per heavy atom. The highest BCUT2D eigenvalue weighted by molar-refractivity contribution is 5.83. The summed E-state index contributed by atoms with van der Waals surface area (Å²) in [5.74, 6) is 1.74. The van der Waals surface area contributed by atoms with Crippen LogP contribution < -0.4 is 10.6 Å². The summed E-state index contributed by atoms with van der Waals surface area (Å²) in [5, 5.41) is 6.81. The average molecular weight is 385 g/mol. The Morgan fingerprint density at radius 1 is 1.07 bits per heavy atom. The van der Waals surface area contributed by atoms with Gasteiger partial charge in [0.15, 0.2) is 0 Å². The zero-order chi connectivity index (χ0) is 20.2. The van der Waals surface area contributed by atoms with Crippen molar-refractivity contribution >= 4 is 5.91 Å². The zero-order valence-electron chi connectivity index (χ0n) is 18.4. The fourth-order valence-corrected chi connectivity index (χ4v) is 6.42. The number of benzene rings is 1. The fraction of sp³-hybridized carbons (Fsp3) is 0.720. The van der Waals surface area contributed by atoms with Gasteiger partial charge in [-0.2, -0.15) is 0 Å². The van der Waals surface area contributed by atoms with Gasteiger partial charge in [-0.05, 0) is 80.8 Å². The second kappa shape index (κ2) is 8.98. The number of amides is 1. The maximum Gasteiger partial charge on any atom is 0.226 e. The Hall–Kier alpha value is -1.35. The molecule has 1 heterocycles. The molecule has 0 aromatic heterocycles.